The number of hydrogen-bond donors (Lipinski definition) is 3. The molecule has 0 saturated heterocycles. The smallest absolute Gasteiger partial charge is 0.341 e. The molecule has 1 aliphatic heterocycles. The van der Waals surface area contributed by atoms with Crippen molar-refractivity contribution in [2.75, 3.05) is 6.61 Å². The number of pyridine rings is 1. The molecular weight excluding hydrogens is 355 g/mol. The van der Waals surface area contributed by atoms with Gasteiger partial charge in [0.05, 0.1) is 22.5 Å². The molecule has 2 aliphatic rings. The molecule has 0 radical (unpaired) electrons. The molecule has 134 valence electrons. The highest BCUT2D eigenvalue weighted by atomic mass is 35.5. The Labute approximate surface area is 147 Å². The van der Waals surface area contributed by atoms with Crippen LogP contribution < -0.4 is 15.9 Å². The van der Waals surface area contributed by atoms with Gasteiger partial charge in [0, 0.05) is 11.7 Å². The molecule has 4 N–H and O–H groups in total. The van der Waals surface area contributed by atoms with Crippen molar-refractivity contribution in [1.82, 2.24) is 4.57 Å². The van der Waals surface area contributed by atoms with Crippen LogP contribution in [-0.2, 0) is 5.54 Å². The second-order valence-corrected chi connectivity index (χ2v) is 6.49. The minimum Gasteiger partial charge on any atom is -0.504 e. The number of carbonyl (C=O) groups is 1. The van der Waals surface area contributed by atoms with E-state index in [9.17, 15) is 24.2 Å². The molecule has 9 heteroatoms. The molecule has 2 aromatic rings. The SMILES string of the molecule is CC1COc2c(C3(N)CC3)c(F)c(O)c3c(=O)c(C(=O)O)cn1c23.Cl. The average Bonchev–Trinajstić information content (AvgIpc) is 3.26. The summed E-state index contributed by atoms with van der Waals surface area (Å²) in [4.78, 5) is 23.8. The molecule has 1 fully saturated rings. The van der Waals surface area contributed by atoms with Crippen LogP contribution in [0.2, 0.25) is 0 Å². The van der Waals surface area contributed by atoms with Crippen LogP contribution in [0.3, 0.4) is 0 Å². The number of phenolic OH excluding ortho intramolecular Hbond substituents is 1. The fourth-order valence-electron chi connectivity index (χ4n) is 3.28. The van der Waals surface area contributed by atoms with Gasteiger partial charge in [-0.3, -0.25) is 4.79 Å². The molecule has 0 amide bonds. The molecule has 2 heterocycles. The lowest BCUT2D eigenvalue weighted by molar-refractivity contribution is 0.0694. The number of carboxylic acid groups (broad SMARTS) is 1. The van der Waals surface area contributed by atoms with Gasteiger partial charge >= 0.3 is 5.97 Å². The number of halogens is 2. The zero-order chi connectivity index (χ0) is 17.4. The van der Waals surface area contributed by atoms with Crippen molar-refractivity contribution in [3.05, 3.63) is 33.4 Å². The van der Waals surface area contributed by atoms with Gasteiger partial charge in [-0.1, -0.05) is 0 Å². The highest BCUT2D eigenvalue weighted by molar-refractivity contribution is 5.98. The summed E-state index contributed by atoms with van der Waals surface area (Å²) in [5.41, 5.74) is 3.95. The summed E-state index contributed by atoms with van der Waals surface area (Å²) in [5.74, 6) is -3.21. The van der Waals surface area contributed by atoms with Crippen molar-refractivity contribution in [2.45, 2.75) is 31.3 Å². The van der Waals surface area contributed by atoms with Gasteiger partial charge < -0.3 is 25.3 Å². The molecule has 1 atom stereocenters. The number of benzene rings is 1. The van der Waals surface area contributed by atoms with E-state index in [4.69, 9.17) is 10.5 Å². The molecule has 1 aromatic heterocycles. The van der Waals surface area contributed by atoms with E-state index in [1.807, 2.05) is 0 Å². The lowest BCUT2D eigenvalue weighted by Gasteiger charge is -2.30. The largest absolute Gasteiger partial charge is 0.504 e. The summed E-state index contributed by atoms with van der Waals surface area (Å²) in [5, 5.41) is 19.1. The van der Waals surface area contributed by atoms with Crippen LogP contribution in [0.5, 0.6) is 11.5 Å². The maximum absolute atomic E-state index is 14.8. The molecule has 1 aromatic carbocycles. The number of hydrogen-bond acceptors (Lipinski definition) is 5. The third-order valence-corrected chi connectivity index (χ3v) is 4.80. The first kappa shape index (κ1) is 17.5. The van der Waals surface area contributed by atoms with Gasteiger partial charge in [0.1, 0.15) is 12.2 Å². The number of nitrogens with two attached hydrogens (primary N) is 1. The summed E-state index contributed by atoms with van der Waals surface area (Å²) in [6.45, 7) is 1.95. The highest BCUT2D eigenvalue weighted by Crippen LogP contribution is 2.52. The van der Waals surface area contributed by atoms with E-state index in [2.05, 4.69) is 0 Å². The first-order chi connectivity index (χ1) is 11.3. The predicted octanol–water partition coefficient (Wildman–Crippen LogP) is 1.87. The van der Waals surface area contributed by atoms with Crippen LogP contribution in [0, 0.1) is 5.82 Å². The average molecular weight is 371 g/mol. The second-order valence-electron chi connectivity index (χ2n) is 6.49. The molecular formula is C16H16ClFN2O5. The van der Waals surface area contributed by atoms with E-state index in [0.29, 0.717) is 12.8 Å². The van der Waals surface area contributed by atoms with Crippen LogP contribution in [-0.4, -0.2) is 27.4 Å². The fourth-order valence-corrected chi connectivity index (χ4v) is 3.28. The lowest BCUT2D eigenvalue weighted by atomic mass is 9.97. The molecule has 25 heavy (non-hydrogen) atoms. The quantitative estimate of drug-likeness (QED) is 0.743. The maximum atomic E-state index is 14.8. The fraction of sp³-hybridized carbons (Fsp3) is 0.375. The standard InChI is InChI=1S/C16H15FN2O5.ClH/c1-6-5-24-14-9(16(18)2-3-16)10(17)13(21)8-11(14)19(6)4-7(12(8)20)15(22)23;/h4,6,21H,2-3,5,18H2,1H3,(H,22,23);1H. The number of aromatic carboxylic acids is 1. The van der Waals surface area contributed by atoms with E-state index in [1.54, 1.807) is 6.92 Å². The van der Waals surface area contributed by atoms with Gasteiger partial charge in [0.2, 0.25) is 5.43 Å². The third kappa shape index (κ3) is 2.21. The van der Waals surface area contributed by atoms with Crippen molar-refractivity contribution in [2.24, 2.45) is 5.73 Å². The Hall–Kier alpha value is -2.32. The van der Waals surface area contributed by atoms with Gasteiger partial charge in [-0.2, -0.15) is 0 Å². The van der Waals surface area contributed by atoms with Gasteiger partial charge in [0.15, 0.2) is 17.3 Å². The molecule has 1 unspecified atom stereocenters. The summed E-state index contributed by atoms with van der Waals surface area (Å²) in [6, 6.07) is -0.288. The van der Waals surface area contributed by atoms with Gasteiger partial charge in [0.25, 0.3) is 0 Å². The number of nitrogens with zero attached hydrogens (tertiary/aromatic N) is 1. The van der Waals surface area contributed by atoms with Crippen LogP contribution >= 0.6 is 12.4 Å². The van der Waals surface area contributed by atoms with Gasteiger partial charge in [-0.05, 0) is 19.8 Å². The lowest BCUT2D eigenvalue weighted by Crippen LogP contribution is -2.30. The monoisotopic (exact) mass is 370 g/mol. The molecule has 1 saturated carbocycles. The maximum Gasteiger partial charge on any atom is 0.341 e. The van der Waals surface area contributed by atoms with Crippen molar-refractivity contribution in [1.29, 1.82) is 0 Å². The summed E-state index contributed by atoms with van der Waals surface area (Å²) >= 11 is 0. The Balaban J connectivity index is 0.00000182. The summed E-state index contributed by atoms with van der Waals surface area (Å²) < 4.78 is 22.0. The normalized spacial score (nSPS) is 19.9. The van der Waals surface area contributed by atoms with Crippen molar-refractivity contribution < 1.29 is 24.1 Å². The molecule has 0 spiro atoms. The Morgan fingerprint density at radius 2 is 2.12 bits per heavy atom. The van der Waals surface area contributed by atoms with Crippen LogP contribution in [0.1, 0.15) is 41.7 Å². The van der Waals surface area contributed by atoms with Crippen LogP contribution in [0.4, 0.5) is 4.39 Å². The van der Waals surface area contributed by atoms with Gasteiger partial charge in [-0.25, -0.2) is 9.18 Å². The second kappa shape index (κ2) is 5.34. The predicted molar refractivity (Wildman–Crippen MR) is 89.3 cm³/mol. The Morgan fingerprint density at radius 1 is 1.48 bits per heavy atom. The van der Waals surface area contributed by atoms with E-state index >= 15 is 0 Å². The molecule has 4 rings (SSSR count). The van der Waals surface area contributed by atoms with E-state index < -0.39 is 34.1 Å². The zero-order valence-electron chi connectivity index (χ0n) is 13.2. The van der Waals surface area contributed by atoms with Crippen LogP contribution in [0.25, 0.3) is 10.9 Å². The number of aromatic nitrogens is 1. The minimum absolute atomic E-state index is 0. The first-order valence-corrected chi connectivity index (χ1v) is 7.55. The van der Waals surface area contributed by atoms with Crippen molar-refractivity contribution in [3.8, 4) is 11.5 Å². The van der Waals surface area contributed by atoms with Gasteiger partial charge in [-0.15, -0.1) is 12.4 Å². The van der Waals surface area contributed by atoms with Crippen LogP contribution in [0.15, 0.2) is 11.0 Å². The Bertz CT molecular complexity index is 983. The van der Waals surface area contributed by atoms with E-state index in [0.717, 1.165) is 0 Å². The minimum atomic E-state index is -1.44. The number of ether oxygens (including phenoxy) is 1. The highest BCUT2D eigenvalue weighted by Gasteiger charge is 2.47. The zero-order valence-corrected chi connectivity index (χ0v) is 14.0. The number of aromatic hydroxyl groups is 1. The number of phenols is 1. The third-order valence-electron chi connectivity index (χ3n) is 4.80. The Morgan fingerprint density at radius 3 is 2.68 bits per heavy atom. The molecule has 0 bridgehead atoms. The van der Waals surface area contributed by atoms with E-state index in [-0.39, 0.29) is 47.3 Å². The summed E-state index contributed by atoms with van der Waals surface area (Å²) in [6.07, 6.45) is 2.29. The molecule has 7 nitrogen and oxygen atoms in total. The number of rotatable bonds is 2. The first-order valence-electron chi connectivity index (χ1n) is 7.55. The Kier molecular flexibility index (Phi) is 3.74. The number of carboxylic acids is 1. The van der Waals surface area contributed by atoms with Crippen molar-refractivity contribution in [3.63, 3.8) is 0 Å². The summed E-state index contributed by atoms with van der Waals surface area (Å²) in [7, 11) is 0. The van der Waals surface area contributed by atoms with Crippen molar-refractivity contribution >= 4 is 29.3 Å². The molecule has 1 aliphatic carbocycles. The van der Waals surface area contributed by atoms with E-state index in [1.165, 1.54) is 10.8 Å². The topological polar surface area (TPSA) is 115 Å².